The molecule has 1 aliphatic rings. The van der Waals surface area contributed by atoms with Crippen molar-refractivity contribution < 1.29 is 4.79 Å². The Labute approximate surface area is 120 Å². The average molecular weight is 273 g/mol. The van der Waals surface area contributed by atoms with Gasteiger partial charge in [0.1, 0.15) is 0 Å². The lowest BCUT2D eigenvalue weighted by atomic mass is 10.1. The van der Waals surface area contributed by atoms with Crippen LogP contribution in [-0.2, 0) is 4.79 Å². The molecular weight excluding hydrogens is 250 g/mol. The van der Waals surface area contributed by atoms with Crippen LogP contribution in [0.3, 0.4) is 0 Å². The first-order valence-electron chi connectivity index (χ1n) is 7.09. The molecule has 0 spiro atoms. The standard InChI is InChI=1S/C16H23N3O/c1-12-6-9-19(10-7-12)11-8-16(20)18-15-5-3-4-14(17)13(15)2/h3-6H,7-11,17H2,1-2H3,(H,18,20). The molecule has 4 heteroatoms. The van der Waals surface area contributed by atoms with Gasteiger partial charge in [-0.05, 0) is 38.0 Å². The molecule has 1 aromatic rings. The molecular formula is C16H23N3O. The van der Waals surface area contributed by atoms with Gasteiger partial charge in [0.25, 0.3) is 0 Å². The van der Waals surface area contributed by atoms with E-state index in [0.717, 1.165) is 37.3 Å². The molecule has 0 aromatic heterocycles. The number of anilines is 2. The molecule has 0 saturated heterocycles. The Balaban J connectivity index is 1.82. The summed E-state index contributed by atoms with van der Waals surface area (Å²) in [4.78, 5) is 14.3. The third kappa shape index (κ3) is 3.84. The molecule has 0 saturated carbocycles. The van der Waals surface area contributed by atoms with Gasteiger partial charge in [0.15, 0.2) is 0 Å². The zero-order valence-electron chi connectivity index (χ0n) is 12.3. The van der Waals surface area contributed by atoms with E-state index in [-0.39, 0.29) is 5.91 Å². The van der Waals surface area contributed by atoms with Crippen LogP contribution in [0.15, 0.2) is 29.8 Å². The summed E-state index contributed by atoms with van der Waals surface area (Å²) in [7, 11) is 0. The largest absolute Gasteiger partial charge is 0.398 e. The van der Waals surface area contributed by atoms with Crippen LogP contribution in [0.2, 0.25) is 0 Å². The molecule has 2 rings (SSSR count). The quantitative estimate of drug-likeness (QED) is 0.655. The van der Waals surface area contributed by atoms with E-state index in [1.54, 1.807) is 0 Å². The van der Waals surface area contributed by atoms with Crippen LogP contribution >= 0.6 is 0 Å². The number of nitrogens with two attached hydrogens (primary N) is 1. The second-order valence-corrected chi connectivity index (χ2v) is 5.42. The Bertz CT molecular complexity index is 522. The zero-order valence-corrected chi connectivity index (χ0v) is 12.3. The molecule has 0 fully saturated rings. The SMILES string of the molecule is CC1=CCN(CCC(=O)Nc2cccc(N)c2C)CC1. The summed E-state index contributed by atoms with van der Waals surface area (Å²) in [6.45, 7) is 6.89. The summed E-state index contributed by atoms with van der Waals surface area (Å²) in [6, 6.07) is 5.58. The monoisotopic (exact) mass is 273 g/mol. The maximum Gasteiger partial charge on any atom is 0.225 e. The fourth-order valence-electron chi connectivity index (χ4n) is 2.28. The van der Waals surface area contributed by atoms with Gasteiger partial charge >= 0.3 is 0 Å². The lowest BCUT2D eigenvalue weighted by Gasteiger charge is -2.24. The molecule has 0 atom stereocenters. The summed E-state index contributed by atoms with van der Waals surface area (Å²) in [5.74, 6) is 0.0463. The van der Waals surface area contributed by atoms with Crippen LogP contribution in [-0.4, -0.2) is 30.4 Å². The van der Waals surface area contributed by atoms with E-state index in [9.17, 15) is 4.79 Å². The fraction of sp³-hybridized carbons (Fsp3) is 0.438. The normalized spacial score (nSPS) is 15.8. The van der Waals surface area contributed by atoms with Crippen molar-refractivity contribution in [1.29, 1.82) is 0 Å². The van der Waals surface area contributed by atoms with Gasteiger partial charge in [-0.25, -0.2) is 0 Å². The van der Waals surface area contributed by atoms with Crippen LogP contribution in [0, 0.1) is 6.92 Å². The molecule has 1 aromatic carbocycles. The molecule has 4 nitrogen and oxygen atoms in total. The van der Waals surface area contributed by atoms with Crippen molar-refractivity contribution in [3.63, 3.8) is 0 Å². The smallest absolute Gasteiger partial charge is 0.225 e. The maximum absolute atomic E-state index is 12.0. The van der Waals surface area contributed by atoms with Crippen molar-refractivity contribution in [2.75, 3.05) is 30.7 Å². The van der Waals surface area contributed by atoms with Crippen molar-refractivity contribution >= 4 is 17.3 Å². The number of carbonyl (C=O) groups excluding carboxylic acids is 1. The fourth-order valence-corrected chi connectivity index (χ4v) is 2.28. The van der Waals surface area contributed by atoms with Crippen molar-refractivity contribution in [2.45, 2.75) is 26.7 Å². The van der Waals surface area contributed by atoms with Crippen LogP contribution in [0.5, 0.6) is 0 Å². The molecule has 1 amide bonds. The first kappa shape index (κ1) is 14.6. The number of nitrogens with one attached hydrogen (secondary N) is 1. The summed E-state index contributed by atoms with van der Waals surface area (Å²) in [6.07, 6.45) is 3.86. The van der Waals surface area contributed by atoms with Crippen molar-refractivity contribution in [3.05, 3.63) is 35.4 Å². The number of hydrogen-bond acceptors (Lipinski definition) is 3. The predicted octanol–water partition coefficient (Wildman–Crippen LogP) is 2.56. The summed E-state index contributed by atoms with van der Waals surface area (Å²) in [5, 5.41) is 2.94. The van der Waals surface area contributed by atoms with E-state index in [1.807, 2.05) is 25.1 Å². The van der Waals surface area contributed by atoms with Crippen molar-refractivity contribution in [3.8, 4) is 0 Å². The maximum atomic E-state index is 12.0. The lowest BCUT2D eigenvalue weighted by molar-refractivity contribution is -0.116. The topological polar surface area (TPSA) is 58.4 Å². The number of carbonyl (C=O) groups is 1. The minimum atomic E-state index is 0.0463. The highest BCUT2D eigenvalue weighted by Crippen LogP contribution is 2.20. The Hall–Kier alpha value is -1.81. The van der Waals surface area contributed by atoms with E-state index in [2.05, 4.69) is 23.2 Å². The third-order valence-corrected chi connectivity index (χ3v) is 3.83. The van der Waals surface area contributed by atoms with Gasteiger partial charge in [-0.1, -0.05) is 17.7 Å². The number of nitrogen functional groups attached to an aromatic ring is 1. The average Bonchev–Trinajstić information content (AvgIpc) is 2.43. The molecule has 0 bridgehead atoms. The Morgan fingerprint density at radius 1 is 1.40 bits per heavy atom. The Morgan fingerprint density at radius 3 is 2.90 bits per heavy atom. The highest BCUT2D eigenvalue weighted by atomic mass is 16.1. The van der Waals surface area contributed by atoms with Gasteiger partial charge in [0, 0.05) is 37.4 Å². The molecule has 1 heterocycles. The highest BCUT2D eigenvalue weighted by Gasteiger charge is 2.12. The molecule has 0 aliphatic carbocycles. The molecule has 108 valence electrons. The van der Waals surface area contributed by atoms with E-state index in [4.69, 9.17) is 5.73 Å². The van der Waals surface area contributed by atoms with Crippen molar-refractivity contribution in [1.82, 2.24) is 4.90 Å². The van der Waals surface area contributed by atoms with Crippen LogP contribution < -0.4 is 11.1 Å². The Kier molecular flexibility index (Phi) is 4.79. The van der Waals surface area contributed by atoms with Gasteiger partial charge in [-0.2, -0.15) is 0 Å². The molecule has 20 heavy (non-hydrogen) atoms. The predicted molar refractivity (Wildman–Crippen MR) is 83.7 cm³/mol. The number of hydrogen-bond donors (Lipinski definition) is 2. The summed E-state index contributed by atoms with van der Waals surface area (Å²) >= 11 is 0. The van der Waals surface area contributed by atoms with E-state index >= 15 is 0 Å². The lowest BCUT2D eigenvalue weighted by Crippen LogP contribution is -2.31. The van der Waals surface area contributed by atoms with Gasteiger partial charge < -0.3 is 11.1 Å². The molecule has 0 unspecified atom stereocenters. The van der Waals surface area contributed by atoms with E-state index in [1.165, 1.54) is 5.57 Å². The van der Waals surface area contributed by atoms with Gasteiger partial charge in [-0.3, -0.25) is 9.69 Å². The van der Waals surface area contributed by atoms with Crippen LogP contribution in [0.25, 0.3) is 0 Å². The van der Waals surface area contributed by atoms with Crippen LogP contribution in [0.1, 0.15) is 25.3 Å². The van der Waals surface area contributed by atoms with Gasteiger partial charge in [-0.15, -0.1) is 0 Å². The van der Waals surface area contributed by atoms with E-state index < -0.39 is 0 Å². The third-order valence-electron chi connectivity index (χ3n) is 3.83. The Morgan fingerprint density at radius 2 is 2.20 bits per heavy atom. The summed E-state index contributed by atoms with van der Waals surface area (Å²) < 4.78 is 0. The summed E-state index contributed by atoms with van der Waals surface area (Å²) in [5.41, 5.74) is 9.73. The minimum absolute atomic E-state index is 0.0463. The highest BCUT2D eigenvalue weighted by molar-refractivity contribution is 5.92. The van der Waals surface area contributed by atoms with Crippen molar-refractivity contribution in [2.24, 2.45) is 0 Å². The minimum Gasteiger partial charge on any atom is -0.398 e. The molecule has 0 radical (unpaired) electrons. The molecule has 1 aliphatic heterocycles. The number of amides is 1. The number of nitrogens with zero attached hydrogens (tertiary/aromatic N) is 1. The molecule has 3 N–H and O–H groups in total. The second-order valence-electron chi connectivity index (χ2n) is 5.42. The van der Waals surface area contributed by atoms with Gasteiger partial charge in [0.2, 0.25) is 5.91 Å². The second kappa shape index (κ2) is 6.57. The van der Waals surface area contributed by atoms with Gasteiger partial charge in [0.05, 0.1) is 0 Å². The zero-order chi connectivity index (χ0) is 14.5. The number of rotatable bonds is 4. The number of benzene rings is 1. The first-order chi connectivity index (χ1) is 9.56. The van der Waals surface area contributed by atoms with E-state index in [0.29, 0.717) is 12.1 Å². The van der Waals surface area contributed by atoms with Crippen LogP contribution in [0.4, 0.5) is 11.4 Å². The first-order valence-corrected chi connectivity index (χ1v) is 7.09.